The highest BCUT2D eigenvalue weighted by molar-refractivity contribution is 8.01. The lowest BCUT2D eigenvalue weighted by molar-refractivity contribution is -0.117. The van der Waals surface area contributed by atoms with E-state index in [1.165, 1.54) is 23.1 Å². The summed E-state index contributed by atoms with van der Waals surface area (Å²) in [5.41, 5.74) is 0.892. The average molecular weight is 392 g/mol. The van der Waals surface area contributed by atoms with Gasteiger partial charge in [0.2, 0.25) is 11.0 Å². The fourth-order valence-electron chi connectivity index (χ4n) is 2.76. The van der Waals surface area contributed by atoms with Gasteiger partial charge in [-0.2, -0.15) is 0 Å². The van der Waals surface area contributed by atoms with Gasteiger partial charge >= 0.3 is 0 Å². The van der Waals surface area contributed by atoms with E-state index >= 15 is 0 Å². The van der Waals surface area contributed by atoms with E-state index in [0.29, 0.717) is 33.1 Å². The van der Waals surface area contributed by atoms with E-state index < -0.39 is 0 Å². The van der Waals surface area contributed by atoms with E-state index in [-0.39, 0.29) is 17.1 Å². The Bertz CT molecular complexity index is 739. The third kappa shape index (κ3) is 7.25. The number of hydrogen-bond acceptors (Lipinski definition) is 6. The molecule has 0 aliphatic carbocycles. The van der Waals surface area contributed by atoms with Crippen LogP contribution in [0.2, 0.25) is 0 Å². The Hall–Kier alpha value is -1.73. The molecule has 0 saturated heterocycles. The van der Waals surface area contributed by atoms with Gasteiger partial charge in [-0.3, -0.25) is 9.59 Å². The number of nitrogens with zero attached hydrogens (tertiary/aromatic N) is 2. The molecule has 5 nitrogen and oxygen atoms in total. The number of thioether (sulfide) groups is 1. The number of carbonyl (C=O) groups excluding carboxylic acids is 2. The summed E-state index contributed by atoms with van der Waals surface area (Å²) in [4.78, 5) is 24.2. The number of amides is 1. The highest BCUT2D eigenvalue weighted by atomic mass is 32.2. The minimum atomic E-state index is -0.0465. The van der Waals surface area contributed by atoms with E-state index in [1.54, 1.807) is 12.1 Å². The Balaban J connectivity index is 1.80. The number of ketones is 1. The molecule has 2 aromatic rings. The van der Waals surface area contributed by atoms with Crippen molar-refractivity contribution in [3.8, 4) is 0 Å². The SMILES string of the molecule is C[C@H](CC(=O)Nc1nnc(SCC(=O)c2ccccc2)s1)CC(C)(C)C. The van der Waals surface area contributed by atoms with Crippen LogP contribution in [-0.2, 0) is 4.79 Å². The molecule has 0 aliphatic heterocycles. The molecule has 1 atom stereocenters. The Morgan fingerprint density at radius 2 is 1.88 bits per heavy atom. The van der Waals surface area contributed by atoms with Crippen LogP contribution in [0.4, 0.5) is 5.13 Å². The molecular weight excluding hydrogens is 366 g/mol. The lowest BCUT2D eigenvalue weighted by atomic mass is 9.84. The zero-order valence-electron chi connectivity index (χ0n) is 15.6. The normalized spacial score (nSPS) is 12.6. The first kappa shape index (κ1) is 20.6. The molecule has 2 rings (SSSR count). The molecule has 0 bridgehead atoms. The standard InChI is InChI=1S/C19H25N3O2S2/c1-13(11-19(2,3)4)10-16(24)20-17-21-22-18(26-17)25-12-15(23)14-8-6-5-7-9-14/h5-9,13H,10-12H2,1-4H3,(H,20,21,24)/t13-/m1/s1. The van der Waals surface area contributed by atoms with Crippen molar-refractivity contribution in [3.05, 3.63) is 35.9 Å². The van der Waals surface area contributed by atoms with Crippen LogP contribution in [0, 0.1) is 11.3 Å². The molecular formula is C19H25N3O2S2. The number of aromatic nitrogens is 2. The number of nitrogens with one attached hydrogen (secondary N) is 1. The van der Waals surface area contributed by atoms with Crippen molar-refractivity contribution in [2.24, 2.45) is 11.3 Å². The van der Waals surface area contributed by atoms with Gasteiger partial charge in [-0.1, -0.05) is 81.1 Å². The summed E-state index contributed by atoms with van der Waals surface area (Å²) < 4.78 is 0.673. The van der Waals surface area contributed by atoms with Gasteiger partial charge in [0.15, 0.2) is 10.1 Å². The van der Waals surface area contributed by atoms with Gasteiger partial charge in [0.05, 0.1) is 5.75 Å². The fourth-order valence-corrected chi connectivity index (χ4v) is 4.42. The molecule has 26 heavy (non-hydrogen) atoms. The lowest BCUT2D eigenvalue weighted by Gasteiger charge is -2.22. The molecule has 1 heterocycles. The summed E-state index contributed by atoms with van der Waals surface area (Å²) in [5, 5.41) is 11.3. The average Bonchev–Trinajstić information content (AvgIpc) is 2.98. The van der Waals surface area contributed by atoms with Crippen molar-refractivity contribution in [2.75, 3.05) is 11.1 Å². The molecule has 0 saturated carbocycles. The van der Waals surface area contributed by atoms with Gasteiger partial charge in [0.1, 0.15) is 0 Å². The summed E-state index contributed by atoms with van der Waals surface area (Å²) in [6.07, 6.45) is 1.45. The number of rotatable bonds is 8. The van der Waals surface area contributed by atoms with Crippen molar-refractivity contribution in [1.82, 2.24) is 10.2 Å². The van der Waals surface area contributed by atoms with E-state index in [4.69, 9.17) is 0 Å². The Kier molecular flexibility index (Phi) is 7.34. The highest BCUT2D eigenvalue weighted by Crippen LogP contribution is 2.28. The van der Waals surface area contributed by atoms with Gasteiger partial charge in [-0.25, -0.2) is 0 Å². The Labute approximate surface area is 163 Å². The molecule has 0 radical (unpaired) electrons. The van der Waals surface area contributed by atoms with Gasteiger partial charge in [0, 0.05) is 12.0 Å². The van der Waals surface area contributed by atoms with Crippen molar-refractivity contribution < 1.29 is 9.59 Å². The van der Waals surface area contributed by atoms with Crippen LogP contribution in [0.5, 0.6) is 0 Å². The second-order valence-corrected chi connectivity index (χ2v) is 9.77. The molecule has 1 N–H and O–H groups in total. The van der Waals surface area contributed by atoms with Gasteiger partial charge < -0.3 is 5.32 Å². The third-order valence-electron chi connectivity index (χ3n) is 3.57. The van der Waals surface area contributed by atoms with Crippen LogP contribution in [0.1, 0.15) is 50.9 Å². The zero-order valence-corrected chi connectivity index (χ0v) is 17.2. The van der Waals surface area contributed by atoms with Crippen molar-refractivity contribution >= 4 is 39.9 Å². The quantitative estimate of drug-likeness (QED) is 0.393. The zero-order chi connectivity index (χ0) is 19.2. The first-order chi connectivity index (χ1) is 12.2. The highest BCUT2D eigenvalue weighted by Gasteiger charge is 2.18. The predicted molar refractivity (Wildman–Crippen MR) is 108 cm³/mol. The molecule has 7 heteroatoms. The second-order valence-electron chi connectivity index (χ2n) is 7.57. The minimum absolute atomic E-state index is 0.0465. The van der Waals surface area contributed by atoms with Crippen molar-refractivity contribution in [2.45, 2.75) is 44.9 Å². The number of benzene rings is 1. The molecule has 0 aliphatic rings. The smallest absolute Gasteiger partial charge is 0.226 e. The maximum absolute atomic E-state index is 12.1. The van der Waals surface area contributed by atoms with Gasteiger partial charge in [0.25, 0.3) is 0 Å². The van der Waals surface area contributed by atoms with E-state index in [0.717, 1.165) is 6.42 Å². The molecule has 0 spiro atoms. The monoisotopic (exact) mass is 391 g/mol. The number of carbonyl (C=O) groups is 2. The summed E-state index contributed by atoms with van der Waals surface area (Å²) in [5.74, 6) is 0.609. The first-order valence-corrected chi connectivity index (χ1v) is 10.4. The number of Topliss-reactive ketones (excluding diaryl/α,β-unsaturated/α-hetero) is 1. The molecule has 1 aromatic carbocycles. The molecule has 0 fully saturated rings. The topological polar surface area (TPSA) is 72.0 Å². The third-order valence-corrected chi connectivity index (χ3v) is 5.54. The largest absolute Gasteiger partial charge is 0.300 e. The van der Waals surface area contributed by atoms with Crippen LogP contribution in [0.15, 0.2) is 34.7 Å². The minimum Gasteiger partial charge on any atom is -0.300 e. The van der Waals surface area contributed by atoms with E-state index in [2.05, 4.69) is 43.2 Å². The number of hydrogen-bond donors (Lipinski definition) is 1. The van der Waals surface area contributed by atoms with Crippen molar-refractivity contribution in [3.63, 3.8) is 0 Å². The van der Waals surface area contributed by atoms with Crippen LogP contribution >= 0.6 is 23.1 Å². The predicted octanol–water partition coefficient (Wildman–Crippen LogP) is 4.91. The molecule has 0 unspecified atom stereocenters. The second kappa shape index (κ2) is 9.28. The van der Waals surface area contributed by atoms with Crippen molar-refractivity contribution in [1.29, 1.82) is 0 Å². The van der Waals surface area contributed by atoms with Gasteiger partial charge in [-0.05, 0) is 17.8 Å². The first-order valence-electron chi connectivity index (χ1n) is 8.57. The Morgan fingerprint density at radius 3 is 2.54 bits per heavy atom. The van der Waals surface area contributed by atoms with Crippen LogP contribution in [0.25, 0.3) is 0 Å². The molecule has 1 aromatic heterocycles. The number of anilines is 1. The summed E-state index contributed by atoms with van der Waals surface area (Å²) in [6.45, 7) is 8.60. The fraction of sp³-hybridized carbons (Fsp3) is 0.474. The summed E-state index contributed by atoms with van der Waals surface area (Å²) in [7, 11) is 0. The summed E-state index contributed by atoms with van der Waals surface area (Å²) in [6, 6.07) is 9.17. The molecule has 140 valence electrons. The molecule has 1 amide bonds. The maximum Gasteiger partial charge on any atom is 0.226 e. The van der Waals surface area contributed by atoms with Crippen LogP contribution in [-0.4, -0.2) is 27.6 Å². The van der Waals surface area contributed by atoms with Gasteiger partial charge in [-0.15, -0.1) is 10.2 Å². The Morgan fingerprint density at radius 1 is 1.19 bits per heavy atom. The lowest BCUT2D eigenvalue weighted by Crippen LogP contribution is -2.18. The van der Waals surface area contributed by atoms with Crippen LogP contribution in [0.3, 0.4) is 0 Å². The van der Waals surface area contributed by atoms with Crippen LogP contribution < -0.4 is 5.32 Å². The van der Waals surface area contributed by atoms with E-state index in [9.17, 15) is 9.59 Å². The van der Waals surface area contributed by atoms with E-state index in [1.807, 2.05) is 18.2 Å². The summed E-state index contributed by atoms with van der Waals surface area (Å²) >= 11 is 2.63. The maximum atomic E-state index is 12.1.